The molecule has 0 N–H and O–H groups in total. The van der Waals surface area contributed by atoms with Gasteiger partial charge in [-0.1, -0.05) is 82.7 Å². The number of rotatable bonds is 2. The van der Waals surface area contributed by atoms with Gasteiger partial charge in [-0.05, 0) is 36.2 Å². The lowest BCUT2D eigenvalue weighted by molar-refractivity contribution is -0.118. The molecule has 1 unspecified atom stereocenters. The van der Waals surface area contributed by atoms with Crippen molar-refractivity contribution in [2.45, 2.75) is 24.9 Å². The highest BCUT2D eigenvalue weighted by Crippen LogP contribution is 2.61. The molecule has 0 saturated carbocycles. The van der Waals surface area contributed by atoms with E-state index in [1.807, 2.05) is 65.6 Å². The first-order valence-corrected chi connectivity index (χ1v) is 13.0. The predicted octanol–water partition coefficient (Wildman–Crippen LogP) is 6.02. The Morgan fingerprint density at radius 1 is 0.919 bits per heavy atom. The number of anilines is 1. The Bertz CT molecular complexity index is 1660. The number of hydrogen-bond acceptors (Lipinski definition) is 5. The van der Waals surface area contributed by atoms with Gasteiger partial charge in [0.2, 0.25) is 0 Å². The molecule has 180 valence electrons. The van der Waals surface area contributed by atoms with Crippen LogP contribution in [0.1, 0.15) is 44.7 Å². The topological polar surface area (TPSA) is 67.3 Å². The molecule has 0 amide bonds. The molecule has 3 heterocycles. The maximum Gasteiger partial charge on any atom is 0.180 e. The molecule has 1 fully saturated rings. The Labute approximate surface area is 222 Å². The molecule has 6 heteroatoms. The first kappa shape index (κ1) is 22.3. The van der Waals surface area contributed by atoms with Crippen LogP contribution in [0.2, 0.25) is 0 Å². The van der Waals surface area contributed by atoms with Crippen LogP contribution in [0.3, 0.4) is 0 Å². The summed E-state index contributed by atoms with van der Waals surface area (Å²) in [6.07, 6.45) is 5.64. The van der Waals surface area contributed by atoms with E-state index in [0.29, 0.717) is 11.1 Å². The van der Waals surface area contributed by atoms with Gasteiger partial charge in [0.25, 0.3) is 0 Å². The van der Waals surface area contributed by atoms with Gasteiger partial charge in [-0.3, -0.25) is 19.4 Å². The minimum absolute atomic E-state index is 0.0967. The van der Waals surface area contributed by atoms with E-state index in [1.165, 1.54) is 0 Å². The van der Waals surface area contributed by atoms with Gasteiger partial charge in [0.05, 0.1) is 23.3 Å². The van der Waals surface area contributed by atoms with E-state index in [4.69, 9.17) is 0 Å². The van der Waals surface area contributed by atoms with E-state index in [0.717, 1.165) is 32.2 Å². The molecule has 5 nitrogen and oxygen atoms in total. The maximum atomic E-state index is 14.5. The number of carbonyl (C=O) groups excluding carboxylic acids is 3. The van der Waals surface area contributed by atoms with Crippen LogP contribution in [0.4, 0.5) is 5.69 Å². The van der Waals surface area contributed by atoms with Gasteiger partial charge in [-0.2, -0.15) is 0 Å². The third-order valence-electron chi connectivity index (χ3n) is 8.18. The van der Waals surface area contributed by atoms with Crippen molar-refractivity contribution in [3.63, 3.8) is 0 Å². The van der Waals surface area contributed by atoms with Crippen molar-refractivity contribution in [2.75, 3.05) is 4.90 Å². The normalized spacial score (nSPS) is 22.9. The first-order valence-electron chi connectivity index (χ1n) is 12.2. The van der Waals surface area contributed by atoms with Crippen molar-refractivity contribution >= 4 is 55.9 Å². The van der Waals surface area contributed by atoms with Crippen LogP contribution in [0.15, 0.2) is 89.5 Å². The molecule has 1 spiro atoms. The first-order chi connectivity index (χ1) is 17.9. The van der Waals surface area contributed by atoms with Crippen LogP contribution in [0, 0.1) is 5.41 Å². The molecule has 0 radical (unpaired) electrons. The molecule has 3 atom stereocenters. The SMILES string of the molecule is CC(=O)[C@@H]1[C@@H](c2ccc(Br)cc2)C2(C(=O)c3ccccc3C2=O)C2C=Cc3ccc4cccnc4c3N21. The number of nitrogens with zero attached hydrogens (tertiary/aromatic N) is 2. The summed E-state index contributed by atoms with van der Waals surface area (Å²) >= 11 is 3.50. The van der Waals surface area contributed by atoms with Crippen molar-refractivity contribution in [2.24, 2.45) is 5.41 Å². The highest BCUT2D eigenvalue weighted by Gasteiger charge is 2.71. The van der Waals surface area contributed by atoms with Gasteiger partial charge in [-0.25, -0.2) is 0 Å². The molecule has 37 heavy (non-hydrogen) atoms. The van der Waals surface area contributed by atoms with Gasteiger partial charge < -0.3 is 4.90 Å². The molecular formula is C31H21BrN2O3. The second-order valence-electron chi connectivity index (χ2n) is 9.95. The van der Waals surface area contributed by atoms with Gasteiger partial charge in [0.15, 0.2) is 17.3 Å². The molecule has 1 aromatic heterocycles. The van der Waals surface area contributed by atoms with Gasteiger partial charge >= 0.3 is 0 Å². The molecule has 0 bridgehead atoms. The highest BCUT2D eigenvalue weighted by atomic mass is 79.9. The number of hydrogen-bond donors (Lipinski definition) is 0. The van der Waals surface area contributed by atoms with Gasteiger partial charge in [0.1, 0.15) is 5.41 Å². The summed E-state index contributed by atoms with van der Waals surface area (Å²) in [6, 6.07) is 21.2. The van der Waals surface area contributed by atoms with Crippen LogP contribution in [-0.2, 0) is 4.79 Å². The Morgan fingerprint density at radius 2 is 1.62 bits per heavy atom. The molecular weight excluding hydrogens is 528 g/mol. The monoisotopic (exact) mass is 548 g/mol. The van der Waals surface area contributed by atoms with Gasteiger partial charge in [0, 0.05) is 33.1 Å². The Balaban J connectivity index is 1.58. The van der Waals surface area contributed by atoms with E-state index in [9.17, 15) is 14.4 Å². The average molecular weight is 549 g/mol. The summed E-state index contributed by atoms with van der Waals surface area (Å²) in [6.45, 7) is 1.56. The number of ketones is 3. The number of carbonyl (C=O) groups is 3. The largest absolute Gasteiger partial charge is 0.351 e. The summed E-state index contributed by atoms with van der Waals surface area (Å²) in [4.78, 5) is 49.2. The molecule has 1 saturated heterocycles. The number of pyridine rings is 1. The summed E-state index contributed by atoms with van der Waals surface area (Å²) in [5, 5.41) is 0.936. The van der Waals surface area contributed by atoms with Crippen LogP contribution in [0.5, 0.6) is 0 Å². The number of halogens is 1. The fourth-order valence-electron chi connectivity index (χ4n) is 6.78. The highest BCUT2D eigenvalue weighted by molar-refractivity contribution is 9.10. The fraction of sp³-hybridized carbons (Fsp3) is 0.161. The zero-order valence-corrected chi connectivity index (χ0v) is 21.5. The van der Waals surface area contributed by atoms with E-state index in [-0.39, 0.29) is 17.3 Å². The van der Waals surface area contributed by atoms with E-state index >= 15 is 0 Å². The molecule has 1 aliphatic carbocycles. The Morgan fingerprint density at radius 3 is 2.30 bits per heavy atom. The standard InChI is InChI=1S/C31H21BrN2O3/c1-17(35)27-25(18-10-13-21(32)14-11-18)31(29(36)22-6-2-3-7-23(22)30(31)37)24-15-12-20-9-8-19-5-4-16-33-26(19)28(20)34(24)27/h2-16,24-25,27H,1H3/t24?,25-,27-/m1/s1. The minimum Gasteiger partial charge on any atom is -0.351 e. The summed E-state index contributed by atoms with van der Waals surface area (Å²) in [5.74, 6) is -1.22. The molecule has 3 aromatic carbocycles. The average Bonchev–Trinajstić information content (AvgIpc) is 3.35. The summed E-state index contributed by atoms with van der Waals surface area (Å²) in [5.41, 5.74) is 2.62. The van der Waals surface area contributed by atoms with E-state index in [2.05, 4.69) is 20.9 Å². The lowest BCUT2D eigenvalue weighted by Crippen LogP contribution is -2.48. The smallest absolute Gasteiger partial charge is 0.180 e. The molecule has 3 aliphatic rings. The number of benzene rings is 3. The minimum atomic E-state index is -1.47. The van der Waals surface area contributed by atoms with Gasteiger partial charge in [-0.15, -0.1) is 0 Å². The van der Waals surface area contributed by atoms with Crippen molar-refractivity contribution in [3.05, 3.63) is 112 Å². The molecule has 2 aliphatic heterocycles. The van der Waals surface area contributed by atoms with Crippen molar-refractivity contribution in [1.82, 2.24) is 4.98 Å². The molecule has 7 rings (SSSR count). The quantitative estimate of drug-likeness (QED) is 0.286. The zero-order chi connectivity index (χ0) is 25.5. The second-order valence-corrected chi connectivity index (χ2v) is 10.9. The van der Waals surface area contributed by atoms with Crippen molar-refractivity contribution in [1.29, 1.82) is 0 Å². The van der Waals surface area contributed by atoms with Crippen molar-refractivity contribution in [3.8, 4) is 0 Å². The maximum absolute atomic E-state index is 14.5. The number of aromatic nitrogens is 1. The van der Waals surface area contributed by atoms with Crippen LogP contribution in [0.25, 0.3) is 17.0 Å². The molecule has 4 aromatic rings. The Kier molecular flexibility index (Phi) is 4.70. The summed E-state index contributed by atoms with van der Waals surface area (Å²) < 4.78 is 0.883. The van der Waals surface area contributed by atoms with Crippen LogP contribution < -0.4 is 4.90 Å². The lowest BCUT2D eigenvalue weighted by atomic mass is 9.64. The number of fused-ring (bicyclic) bond motifs is 7. The Hall–Kier alpha value is -3.90. The summed E-state index contributed by atoms with van der Waals surface area (Å²) in [7, 11) is 0. The third kappa shape index (κ3) is 2.79. The van der Waals surface area contributed by atoms with Crippen molar-refractivity contribution < 1.29 is 14.4 Å². The van der Waals surface area contributed by atoms with Crippen LogP contribution >= 0.6 is 15.9 Å². The predicted molar refractivity (Wildman–Crippen MR) is 146 cm³/mol. The lowest BCUT2D eigenvalue weighted by Gasteiger charge is -2.37. The van der Waals surface area contributed by atoms with E-state index < -0.39 is 23.4 Å². The number of Topliss-reactive ketones (excluding diaryl/α,β-unsaturated/α-hetero) is 3. The van der Waals surface area contributed by atoms with E-state index in [1.54, 1.807) is 37.4 Å². The fourth-order valence-corrected chi connectivity index (χ4v) is 7.04. The third-order valence-corrected chi connectivity index (χ3v) is 8.71. The second kappa shape index (κ2) is 7.80. The van der Waals surface area contributed by atoms with Crippen LogP contribution in [-0.4, -0.2) is 34.4 Å². The zero-order valence-electron chi connectivity index (χ0n) is 19.9.